The zero-order valence-electron chi connectivity index (χ0n) is 12.8. The van der Waals surface area contributed by atoms with Gasteiger partial charge in [-0.2, -0.15) is 8.78 Å². The van der Waals surface area contributed by atoms with Crippen LogP contribution in [0.25, 0.3) is 0 Å². The van der Waals surface area contributed by atoms with Gasteiger partial charge >= 0.3 is 6.55 Å². The van der Waals surface area contributed by atoms with Gasteiger partial charge in [0.2, 0.25) is 0 Å². The quantitative estimate of drug-likeness (QED) is 0.579. The largest absolute Gasteiger partial charge is 0.362 e. The topological polar surface area (TPSA) is 98.3 Å². The van der Waals surface area contributed by atoms with Gasteiger partial charge in [-0.05, 0) is 12.1 Å². The minimum Gasteiger partial charge on any atom is -0.362 e. The first-order valence-electron chi connectivity index (χ1n) is 6.60. The van der Waals surface area contributed by atoms with E-state index < -0.39 is 27.0 Å². The number of anilines is 1. The van der Waals surface area contributed by atoms with E-state index in [4.69, 9.17) is 0 Å². The molecule has 0 N–H and O–H groups in total. The van der Waals surface area contributed by atoms with Crippen LogP contribution in [0.15, 0.2) is 35.5 Å². The highest BCUT2D eigenvalue weighted by molar-refractivity contribution is 7.90. The molecule has 1 aromatic heterocycles. The van der Waals surface area contributed by atoms with E-state index in [1.165, 1.54) is 30.3 Å². The van der Waals surface area contributed by atoms with Gasteiger partial charge in [0.15, 0.2) is 9.84 Å². The van der Waals surface area contributed by atoms with Gasteiger partial charge < -0.3 is 4.90 Å². The summed E-state index contributed by atoms with van der Waals surface area (Å²) in [4.78, 5) is 15.5. The Hall–Kier alpha value is -2.56. The van der Waals surface area contributed by atoms with Crippen LogP contribution in [0.5, 0.6) is 0 Å². The van der Waals surface area contributed by atoms with Crippen molar-refractivity contribution in [2.45, 2.75) is 18.0 Å². The molecule has 0 radical (unpaired) electrons. The number of alkyl halides is 2. The van der Waals surface area contributed by atoms with Crippen LogP contribution < -0.4 is 4.90 Å². The lowest BCUT2D eigenvalue weighted by molar-refractivity contribution is -0.384. The Kier molecular flexibility index (Phi) is 4.83. The molecule has 0 saturated carbocycles. The number of benzene rings is 1. The van der Waals surface area contributed by atoms with Crippen molar-refractivity contribution in [3.8, 4) is 0 Å². The average molecular weight is 360 g/mol. The summed E-state index contributed by atoms with van der Waals surface area (Å²) in [6.07, 6.45) is 3.25. The van der Waals surface area contributed by atoms with Gasteiger partial charge in [-0.3, -0.25) is 14.7 Å². The summed E-state index contributed by atoms with van der Waals surface area (Å²) in [6.45, 7) is -2.89. The Morgan fingerprint density at radius 2 is 2.08 bits per heavy atom. The summed E-state index contributed by atoms with van der Waals surface area (Å²) in [5.41, 5.74) is -0.341. The zero-order chi connectivity index (χ0) is 18.1. The van der Waals surface area contributed by atoms with Gasteiger partial charge in [0.1, 0.15) is 11.5 Å². The lowest BCUT2D eigenvalue weighted by atomic mass is 10.2. The summed E-state index contributed by atoms with van der Waals surface area (Å²) in [5.74, 6) is 0.0222. The fourth-order valence-electron chi connectivity index (χ4n) is 2.14. The summed E-state index contributed by atoms with van der Waals surface area (Å²) >= 11 is 0. The maximum atomic E-state index is 12.8. The third-order valence-corrected chi connectivity index (χ3v) is 4.43. The second kappa shape index (κ2) is 6.51. The van der Waals surface area contributed by atoms with Crippen LogP contribution >= 0.6 is 0 Å². The predicted octanol–water partition coefficient (Wildman–Crippen LogP) is 2.23. The standard InChI is InChI=1S/C13H14F2N4O4S/c1-17(8-12-16-5-6-18(12)13(14)15)10-4-3-9(24(2,22)23)7-11(10)19(20)21/h3-7,13H,8H2,1-2H3. The van der Waals surface area contributed by atoms with E-state index >= 15 is 0 Å². The van der Waals surface area contributed by atoms with Crippen molar-refractivity contribution < 1.29 is 22.1 Å². The minimum absolute atomic E-state index is 0.0222. The van der Waals surface area contributed by atoms with Gasteiger partial charge in [-0.25, -0.2) is 13.4 Å². The van der Waals surface area contributed by atoms with E-state index in [2.05, 4.69) is 4.98 Å². The molecule has 1 heterocycles. The number of nitro groups is 1. The lowest BCUT2D eigenvalue weighted by Crippen LogP contribution is -2.21. The number of halogens is 2. The molecule has 0 saturated heterocycles. The predicted molar refractivity (Wildman–Crippen MR) is 81.8 cm³/mol. The molecule has 0 bridgehead atoms. The molecule has 2 aromatic rings. The minimum atomic E-state index is -3.61. The fraction of sp³-hybridized carbons (Fsp3) is 0.308. The Morgan fingerprint density at radius 3 is 2.62 bits per heavy atom. The summed E-state index contributed by atoms with van der Waals surface area (Å²) < 4.78 is 49.4. The number of nitro benzene ring substituents is 1. The summed E-state index contributed by atoms with van der Waals surface area (Å²) in [6, 6.07) is 3.44. The number of rotatable bonds is 6. The maximum Gasteiger partial charge on any atom is 0.319 e. The highest BCUT2D eigenvalue weighted by atomic mass is 32.2. The van der Waals surface area contributed by atoms with E-state index in [1.807, 2.05) is 0 Å². The number of hydrogen-bond acceptors (Lipinski definition) is 6. The van der Waals surface area contributed by atoms with Crippen molar-refractivity contribution in [2.75, 3.05) is 18.2 Å². The van der Waals surface area contributed by atoms with Crippen molar-refractivity contribution in [3.05, 3.63) is 46.5 Å². The highest BCUT2D eigenvalue weighted by Crippen LogP contribution is 2.31. The normalized spacial score (nSPS) is 11.7. The highest BCUT2D eigenvalue weighted by Gasteiger charge is 2.22. The third kappa shape index (κ3) is 3.67. The number of sulfone groups is 1. The molecular weight excluding hydrogens is 346 g/mol. The summed E-state index contributed by atoms with van der Waals surface area (Å²) in [7, 11) is -2.14. The third-order valence-electron chi connectivity index (χ3n) is 3.32. The van der Waals surface area contributed by atoms with Crippen LogP contribution in [-0.2, 0) is 16.4 Å². The number of aromatic nitrogens is 2. The Labute approximate surface area is 136 Å². The lowest BCUT2D eigenvalue weighted by Gasteiger charge is -2.19. The molecular formula is C13H14F2N4O4S. The molecule has 11 heteroatoms. The van der Waals surface area contributed by atoms with Crippen LogP contribution in [0.1, 0.15) is 12.4 Å². The molecule has 1 aromatic carbocycles. The van der Waals surface area contributed by atoms with Crippen LogP contribution in [-0.4, -0.2) is 36.2 Å². The molecule has 0 aliphatic heterocycles. The molecule has 2 rings (SSSR count). The van der Waals surface area contributed by atoms with E-state index in [0.717, 1.165) is 18.5 Å². The SMILES string of the molecule is CN(Cc1nccn1C(F)F)c1ccc(S(C)(=O)=O)cc1[N+](=O)[O-]. The first-order valence-corrected chi connectivity index (χ1v) is 8.50. The Balaban J connectivity index is 2.40. The first kappa shape index (κ1) is 17.8. The summed E-state index contributed by atoms with van der Waals surface area (Å²) in [5, 5.41) is 11.2. The van der Waals surface area contributed by atoms with Crippen molar-refractivity contribution in [2.24, 2.45) is 0 Å². The number of nitrogens with zero attached hydrogens (tertiary/aromatic N) is 4. The molecule has 8 nitrogen and oxygen atoms in total. The monoisotopic (exact) mass is 360 g/mol. The van der Waals surface area contributed by atoms with E-state index in [0.29, 0.717) is 4.57 Å². The molecule has 0 unspecified atom stereocenters. The maximum absolute atomic E-state index is 12.8. The van der Waals surface area contributed by atoms with E-state index in [-0.39, 0.29) is 23.0 Å². The van der Waals surface area contributed by atoms with Crippen LogP contribution in [0.3, 0.4) is 0 Å². The molecule has 130 valence electrons. The average Bonchev–Trinajstić information content (AvgIpc) is 2.93. The Morgan fingerprint density at radius 1 is 1.42 bits per heavy atom. The molecule has 0 atom stereocenters. The second-order valence-electron chi connectivity index (χ2n) is 5.06. The molecule has 0 fully saturated rings. The zero-order valence-corrected chi connectivity index (χ0v) is 13.6. The molecule has 0 spiro atoms. The first-order chi connectivity index (χ1) is 11.1. The molecule has 0 aliphatic carbocycles. The van der Waals surface area contributed by atoms with Crippen molar-refractivity contribution in [1.82, 2.24) is 9.55 Å². The van der Waals surface area contributed by atoms with Crippen molar-refractivity contribution in [3.63, 3.8) is 0 Å². The van der Waals surface area contributed by atoms with Crippen LogP contribution in [0.2, 0.25) is 0 Å². The van der Waals surface area contributed by atoms with Crippen LogP contribution in [0, 0.1) is 10.1 Å². The van der Waals surface area contributed by atoms with Gasteiger partial charge in [0.25, 0.3) is 5.69 Å². The van der Waals surface area contributed by atoms with Crippen molar-refractivity contribution >= 4 is 21.2 Å². The van der Waals surface area contributed by atoms with Crippen LogP contribution in [0.4, 0.5) is 20.2 Å². The second-order valence-corrected chi connectivity index (χ2v) is 7.08. The van der Waals surface area contributed by atoms with E-state index in [1.54, 1.807) is 0 Å². The van der Waals surface area contributed by atoms with Gasteiger partial charge in [-0.1, -0.05) is 0 Å². The van der Waals surface area contributed by atoms with Gasteiger partial charge in [0, 0.05) is 31.8 Å². The van der Waals surface area contributed by atoms with Crippen molar-refractivity contribution in [1.29, 1.82) is 0 Å². The number of imidazole rings is 1. The molecule has 0 amide bonds. The van der Waals surface area contributed by atoms with Gasteiger partial charge in [0.05, 0.1) is 16.4 Å². The molecule has 0 aliphatic rings. The number of hydrogen-bond donors (Lipinski definition) is 0. The Bertz CT molecular complexity index is 867. The van der Waals surface area contributed by atoms with E-state index in [9.17, 15) is 27.3 Å². The smallest absolute Gasteiger partial charge is 0.319 e. The molecule has 24 heavy (non-hydrogen) atoms. The fourth-order valence-corrected chi connectivity index (χ4v) is 2.79. The van der Waals surface area contributed by atoms with Gasteiger partial charge in [-0.15, -0.1) is 0 Å².